The first-order valence-electron chi connectivity index (χ1n) is 6.60. The van der Waals surface area contributed by atoms with Crippen LogP contribution in [0.15, 0.2) is 48.7 Å². The van der Waals surface area contributed by atoms with Gasteiger partial charge in [-0.3, -0.25) is 0 Å². The molecule has 0 aliphatic rings. The Balaban J connectivity index is 2.17. The number of benzene rings is 1. The summed E-state index contributed by atoms with van der Waals surface area (Å²) >= 11 is 0. The van der Waals surface area contributed by atoms with E-state index in [4.69, 9.17) is 4.74 Å². The molecule has 5 heteroatoms. The van der Waals surface area contributed by atoms with Gasteiger partial charge in [0.05, 0.1) is 5.56 Å². The molecule has 108 valence electrons. The maximum Gasteiger partial charge on any atom is 0.401 e. The molecule has 2 rings (SSSR count). The molecule has 0 bridgehead atoms. The van der Waals surface area contributed by atoms with Gasteiger partial charge in [0.1, 0.15) is 0 Å². The van der Waals surface area contributed by atoms with Crippen molar-refractivity contribution in [3.8, 4) is 0 Å². The average Bonchev–Trinajstić information content (AvgIpc) is 2.52. The summed E-state index contributed by atoms with van der Waals surface area (Å²) in [4.78, 5) is 23.2. The molecule has 5 nitrogen and oxygen atoms in total. The third-order valence-corrected chi connectivity index (χ3v) is 3.08. The zero-order valence-corrected chi connectivity index (χ0v) is 11.7. The predicted octanol–water partition coefficient (Wildman–Crippen LogP) is 2.05. The third-order valence-electron chi connectivity index (χ3n) is 3.08. The Hall–Kier alpha value is -2.69. The molecule has 2 aromatic rings. The first-order chi connectivity index (χ1) is 10.1. The molecule has 1 aromatic heterocycles. The molecule has 0 aliphatic heterocycles. The van der Waals surface area contributed by atoms with Gasteiger partial charge in [-0.25, -0.2) is 9.59 Å². The second-order valence-corrected chi connectivity index (χ2v) is 4.44. The number of hydrogen-bond acceptors (Lipinski definition) is 3. The number of nitrogens with zero attached hydrogens (tertiary/aromatic N) is 1. The number of carboxylic acids is 1. The van der Waals surface area contributed by atoms with E-state index in [1.54, 1.807) is 48.7 Å². The van der Waals surface area contributed by atoms with E-state index in [0.717, 1.165) is 0 Å². The maximum absolute atomic E-state index is 11.9. The number of esters is 1. The molecule has 0 saturated heterocycles. The minimum atomic E-state index is -1.04. The Bertz CT molecular complexity index is 653. The molecular formula is C16H16NO4+. The number of carbonyl (C=O) groups is 2. The van der Waals surface area contributed by atoms with Gasteiger partial charge >= 0.3 is 11.9 Å². The van der Waals surface area contributed by atoms with Gasteiger partial charge in [-0.2, -0.15) is 4.57 Å². The lowest BCUT2D eigenvalue weighted by molar-refractivity contribution is -0.729. The van der Waals surface area contributed by atoms with Crippen molar-refractivity contribution in [3.63, 3.8) is 0 Å². The summed E-state index contributed by atoms with van der Waals surface area (Å²) in [5.74, 6) is -1.52. The van der Waals surface area contributed by atoms with Gasteiger partial charge in [0.2, 0.25) is 0 Å². The SMILES string of the molecule is CCc1ccc[n+](COC(=O)c2ccccc2)c1C(=O)O. The number of hydrogen-bond donors (Lipinski definition) is 1. The number of aromatic carboxylic acids is 1. The van der Waals surface area contributed by atoms with Crippen molar-refractivity contribution < 1.29 is 24.0 Å². The van der Waals surface area contributed by atoms with Crippen molar-refractivity contribution in [2.45, 2.75) is 20.1 Å². The number of aryl methyl sites for hydroxylation is 1. The third kappa shape index (κ3) is 3.45. The fourth-order valence-corrected chi connectivity index (χ4v) is 2.04. The summed E-state index contributed by atoms with van der Waals surface area (Å²) in [5, 5.41) is 9.30. The van der Waals surface area contributed by atoms with Gasteiger partial charge < -0.3 is 9.84 Å². The minimum Gasteiger partial charge on any atom is -0.473 e. The molecular weight excluding hydrogens is 270 g/mol. The molecule has 0 unspecified atom stereocenters. The van der Waals surface area contributed by atoms with E-state index in [1.807, 2.05) is 6.92 Å². The number of rotatable bonds is 5. The largest absolute Gasteiger partial charge is 0.473 e. The van der Waals surface area contributed by atoms with E-state index in [1.165, 1.54) is 4.57 Å². The highest BCUT2D eigenvalue weighted by Crippen LogP contribution is 2.06. The number of pyridine rings is 1. The molecule has 0 amide bonds. The molecule has 1 N–H and O–H groups in total. The lowest BCUT2D eigenvalue weighted by Gasteiger charge is -2.05. The summed E-state index contributed by atoms with van der Waals surface area (Å²) in [6.45, 7) is 1.74. The molecule has 0 fully saturated rings. The standard InChI is InChI=1S/C16H15NO4/c1-2-12-9-6-10-17(14(12)15(18)19)11-21-16(20)13-7-4-3-5-8-13/h3-10H,2,11H2,1H3/p+1. The summed E-state index contributed by atoms with van der Waals surface area (Å²) in [5.41, 5.74) is 1.27. The van der Waals surface area contributed by atoms with Crippen LogP contribution in [-0.4, -0.2) is 17.0 Å². The second-order valence-electron chi connectivity index (χ2n) is 4.44. The summed E-state index contributed by atoms with van der Waals surface area (Å²) in [7, 11) is 0. The molecule has 0 spiro atoms. The Labute approximate surface area is 122 Å². The molecule has 0 radical (unpaired) electrons. The Kier molecular flexibility index (Phi) is 4.66. The molecule has 0 aliphatic carbocycles. The van der Waals surface area contributed by atoms with Crippen LogP contribution in [-0.2, 0) is 17.9 Å². The van der Waals surface area contributed by atoms with E-state index < -0.39 is 11.9 Å². The molecule has 21 heavy (non-hydrogen) atoms. The average molecular weight is 286 g/mol. The lowest BCUT2D eigenvalue weighted by Crippen LogP contribution is -2.43. The van der Waals surface area contributed by atoms with Gasteiger partial charge in [0.15, 0.2) is 6.20 Å². The van der Waals surface area contributed by atoms with Gasteiger partial charge in [-0.15, -0.1) is 0 Å². The van der Waals surface area contributed by atoms with Crippen molar-refractivity contribution in [3.05, 3.63) is 65.5 Å². The van der Waals surface area contributed by atoms with E-state index in [9.17, 15) is 14.7 Å². The molecule has 1 heterocycles. The van der Waals surface area contributed by atoms with E-state index in [-0.39, 0.29) is 12.4 Å². The van der Waals surface area contributed by atoms with Crippen LogP contribution in [0.2, 0.25) is 0 Å². The highest BCUT2D eigenvalue weighted by molar-refractivity contribution is 5.89. The van der Waals surface area contributed by atoms with E-state index >= 15 is 0 Å². The van der Waals surface area contributed by atoms with Crippen molar-refractivity contribution in [1.82, 2.24) is 0 Å². The van der Waals surface area contributed by atoms with Crippen LogP contribution in [0.5, 0.6) is 0 Å². The van der Waals surface area contributed by atoms with Gasteiger partial charge in [-0.05, 0) is 24.6 Å². The minimum absolute atomic E-state index is 0.136. The van der Waals surface area contributed by atoms with Crippen molar-refractivity contribution in [2.24, 2.45) is 0 Å². The summed E-state index contributed by atoms with van der Waals surface area (Å²) in [6.07, 6.45) is 2.18. The van der Waals surface area contributed by atoms with Crippen molar-refractivity contribution in [1.29, 1.82) is 0 Å². The quantitative estimate of drug-likeness (QED) is 0.674. The number of ether oxygens (including phenoxy) is 1. The lowest BCUT2D eigenvalue weighted by atomic mass is 10.1. The predicted molar refractivity (Wildman–Crippen MR) is 74.8 cm³/mol. The van der Waals surface area contributed by atoms with E-state index in [0.29, 0.717) is 17.5 Å². The summed E-state index contributed by atoms with van der Waals surface area (Å²) < 4.78 is 6.58. The van der Waals surface area contributed by atoms with E-state index in [2.05, 4.69) is 0 Å². The van der Waals surface area contributed by atoms with Crippen LogP contribution in [0.1, 0.15) is 33.3 Å². The Morgan fingerprint density at radius 1 is 1.14 bits per heavy atom. The highest BCUT2D eigenvalue weighted by Gasteiger charge is 2.23. The smallest absolute Gasteiger partial charge is 0.401 e. The molecule has 1 aromatic carbocycles. The molecule has 0 atom stereocenters. The van der Waals surface area contributed by atoms with Gasteiger partial charge in [0.25, 0.3) is 12.4 Å². The van der Waals surface area contributed by atoms with Crippen LogP contribution in [0.25, 0.3) is 0 Å². The first kappa shape index (κ1) is 14.7. The number of carbonyl (C=O) groups excluding carboxylic acids is 1. The molecule has 0 saturated carbocycles. The summed E-state index contributed by atoms with van der Waals surface area (Å²) in [6, 6.07) is 12.1. The topological polar surface area (TPSA) is 67.5 Å². The second kappa shape index (κ2) is 6.65. The zero-order valence-electron chi connectivity index (χ0n) is 11.7. The fourth-order valence-electron chi connectivity index (χ4n) is 2.04. The first-order valence-corrected chi connectivity index (χ1v) is 6.60. The van der Waals surface area contributed by atoms with Crippen LogP contribution in [0.3, 0.4) is 0 Å². The van der Waals surface area contributed by atoms with Crippen LogP contribution in [0.4, 0.5) is 0 Å². The zero-order chi connectivity index (χ0) is 15.2. The normalized spacial score (nSPS) is 10.1. The van der Waals surface area contributed by atoms with Crippen LogP contribution < -0.4 is 4.57 Å². The van der Waals surface area contributed by atoms with Crippen molar-refractivity contribution in [2.75, 3.05) is 0 Å². The Morgan fingerprint density at radius 3 is 2.48 bits per heavy atom. The van der Waals surface area contributed by atoms with Crippen LogP contribution >= 0.6 is 0 Å². The van der Waals surface area contributed by atoms with Gasteiger partial charge in [0, 0.05) is 11.6 Å². The highest BCUT2D eigenvalue weighted by atomic mass is 16.5. The number of aromatic nitrogens is 1. The van der Waals surface area contributed by atoms with Gasteiger partial charge in [-0.1, -0.05) is 25.1 Å². The maximum atomic E-state index is 11.9. The Morgan fingerprint density at radius 2 is 1.86 bits per heavy atom. The van der Waals surface area contributed by atoms with Crippen LogP contribution in [0, 0.1) is 0 Å². The van der Waals surface area contributed by atoms with Crippen molar-refractivity contribution >= 4 is 11.9 Å². The number of carboxylic acid groups (broad SMARTS) is 1. The monoisotopic (exact) mass is 286 g/mol. The fraction of sp³-hybridized carbons (Fsp3) is 0.188.